The molecule has 0 aromatic carbocycles. The fourth-order valence-corrected chi connectivity index (χ4v) is 1.01. The smallest absolute Gasteiger partial charge is 0.108 e. The summed E-state index contributed by atoms with van der Waals surface area (Å²) in [5.41, 5.74) is 0. The first-order chi connectivity index (χ1) is 6.40. The normalized spacial score (nSPS) is 22.5. The number of aliphatic hydroxyl groups excluding tert-OH is 6. The van der Waals surface area contributed by atoms with Gasteiger partial charge in [-0.05, 0) is 6.92 Å². The maximum absolute atomic E-state index is 9.25. The molecule has 0 aliphatic rings. The number of hydrogen-bond acceptors (Lipinski definition) is 6. The van der Waals surface area contributed by atoms with Gasteiger partial charge in [-0.3, -0.25) is 0 Å². The molecule has 0 saturated heterocycles. The second-order valence-corrected chi connectivity index (χ2v) is 3.36. The van der Waals surface area contributed by atoms with Crippen LogP contribution in [0.25, 0.3) is 0 Å². The second-order valence-electron chi connectivity index (χ2n) is 3.36. The van der Waals surface area contributed by atoms with Crippen LogP contribution in [0.2, 0.25) is 0 Å². The van der Waals surface area contributed by atoms with Crippen molar-refractivity contribution in [3.8, 4) is 0 Å². The molecule has 0 radical (unpaired) electrons. The molecule has 6 nitrogen and oxygen atoms in total. The van der Waals surface area contributed by atoms with E-state index < -0.39 is 37.1 Å². The minimum absolute atomic E-state index is 0.262. The van der Waals surface area contributed by atoms with E-state index in [0.29, 0.717) is 0 Å². The quantitative estimate of drug-likeness (QED) is 0.281. The van der Waals surface area contributed by atoms with Crippen LogP contribution in [0, 0.1) is 0 Å². The van der Waals surface area contributed by atoms with Crippen LogP contribution in [0.5, 0.6) is 0 Å². The molecule has 0 saturated carbocycles. The van der Waals surface area contributed by atoms with E-state index in [1.54, 1.807) is 0 Å². The maximum Gasteiger partial charge on any atom is 0.108 e. The van der Waals surface area contributed by atoms with Crippen molar-refractivity contribution in [1.82, 2.24) is 0 Å². The summed E-state index contributed by atoms with van der Waals surface area (Å²) in [4.78, 5) is 0. The van der Waals surface area contributed by atoms with Gasteiger partial charge < -0.3 is 30.6 Å². The van der Waals surface area contributed by atoms with E-state index >= 15 is 0 Å². The number of hydrogen-bond donors (Lipinski definition) is 6. The van der Waals surface area contributed by atoms with Gasteiger partial charge in [-0.2, -0.15) is 0 Å². The highest BCUT2D eigenvalue weighted by atomic mass is 16.4. The first-order valence-electron chi connectivity index (χ1n) is 4.41. The summed E-state index contributed by atoms with van der Waals surface area (Å²) >= 11 is 0. The Morgan fingerprint density at radius 3 is 1.79 bits per heavy atom. The fraction of sp³-hybridized carbons (Fsp3) is 1.00. The average molecular weight is 210 g/mol. The van der Waals surface area contributed by atoms with Crippen LogP contribution >= 0.6 is 0 Å². The van der Waals surface area contributed by atoms with Gasteiger partial charge in [-0.1, -0.05) is 0 Å². The molecule has 86 valence electrons. The Balaban J connectivity index is 4.04. The summed E-state index contributed by atoms with van der Waals surface area (Å²) in [7, 11) is 0. The van der Waals surface area contributed by atoms with Crippen molar-refractivity contribution < 1.29 is 30.6 Å². The van der Waals surface area contributed by atoms with Gasteiger partial charge in [0.25, 0.3) is 0 Å². The first kappa shape index (κ1) is 13.8. The Kier molecular flexibility index (Phi) is 6.17. The second kappa shape index (κ2) is 6.28. The molecule has 0 heterocycles. The predicted molar refractivity (Wildman–Crippen MR) is 47.4 cm³/mol. The van der Waals surface area contributed by atoms with Crippen molar-refractivity contribution in [3.63, 3.8) is 0 Å². The highest BCUT2D eigenvalue weighted by molar-refractivity contribution is 4.80. The molecule has 14 heavy (non-hydrogen) atoms. The van der Waals surface area contributed by atoms with E-state index in [1.165, 1.54) is 6.92 Å². The van der Waals surface area contributed by atoms with E-state index in [1.807, 2.05) is 0 Å². The molecule has 0 aromatic rings. The van der Waals surface area contributed by atoms with E-state index in [4.69, 9.17) is 20.4 Å². The lowest BCUT2D eigenvalue weighted by Gasteiger charge is -2.25. The molecule has 0 amide bonds. The van der Waals surface area contributed by atoms with Gasteiger partial charge in [-0.15, -0.1) is 0 Å². The summed E-state index contributed by atoms with van der Waals surface area (Å²) in [6.45, 7) is 0.734. The Bertz CT molecular complexity index is 151. The molecule has 5 atom stereocenters. The molecule has 0 aromatic heterocycles. The fourth-order valence-electron chi connectivity index (χ4n) is 1.01. The monoisotopic (exact) mass is 210 g/mol. The Morgan fingerprint density at radius 1 is 0.929 bits per heavy atom. The molecule has 0 rings (SSSR count). The minimum atomic E-state index is -1.55. The van der Waals surface area contributed by atoms with Gasteiger partial charge in [-0.25, -0.2) is 0 Å². The zero-order valence-corrected chi connectivity index (χ0v) is 7.98. The minimum Gasteiger partial charge on any atom is -0.394 e. The lowest BCUT2D eigenvalue weighted by molar-refractivity contribution is -0.110. The molecular formula is C8H18O6. The summed E-state index contributed by atoms with van der Waals surface area (Å²) in [6, 6.07) is 0. The van der Waals surface area contributed by atoms with Crippen molar-refractivity contribution in [3.05, 3.63) is 0 Å². The van der Waals surface area contributed by atoms with Gasteiger partial charge in [0, 0.05) is 6.42 Å². The third kappa shape index (κ3) is 4.32. The lowest BCUT2D eigenvalue weighted by Crippen LogP contribution is -2.44. The largest absolute Gasteiger partial charge is 0.394 e. The Hall–Kier alpha value is -0.240. The van der Waals surface area contributed by atoms with Crippen LogP contribution in [0.1, 0.15) is 13.3 Å². The third-order valence-corrected chi connectivity index (χ3v) is 1.96. The highest BCUT2D eigenvalue weighted by Crippen LogP contribution is 2.09. The van der Waals surface area contributed by atoms with Gasteiger partial charge in [0.1, 0.15) is 12.2 Å². The Morgan fingerprint density at radius 2 is 1.43 bits per heavy atom. The first-order valence-corrected chi connectivity index (χ1v) is 4.41. The van der Waals surface area contributed by atoms with Crippen LogP contribution in [-0.4, -0.2) is 67.8 Å². The van der Waals surface area contributed by atoms with Crippen molar-refractivity contribution >= 4 is 0 Å². The predicted octanol–water partition coefficient (Wildman–Crippen LogP) is -2.81. The zero-order chi connectivity index (χ0) is 11.3. The number of rotatable bonds is 6. The summed E-state index contributed by atoms with van der Waals surface area (Å²) < 4.78 is 0. The van der Waals surface area contributed by atoms with E-state index in [-0.39, 0.29) is 6.42 Å². The topological polar surface area (TPSA) is 121 Å². The van der Waals surface area contributed by atoms with Crippen LogP contribution in [0.4, 0.5) is 0 Å². The summed E-state index contributed by atoms with van der Waals surface area (Å²) in [5.74, 6) is 0. The van der Waals surface area contributed by atoms with Gasteiger partial charge in [0.05, 0.1) is 24.9 Å². The molecule has 6 heteroatoms. The summed E-state index contributed by atoms with van der Waals surface area (Å²) in [5, 5.41) is 53.9. The van der Waals surface area contributed by atoms with Crippen LogP contribution < -0.4 is 0 Å². The maximum atomic E-state index is 9.25. The van der Waals surface area contributed by atoms with Gasteiger partial charge in [0.2, 0.25) is 0 Å². The SMILES string of the molecule is CC(O)C(O)[C@H](O)[C@H](O)CC(O)CO. The number of aliphatic hydroxyl groups is 6. The molecule has 0 aliphatic heterocycles. The molecule has 0 bridgehead atoms. The average Bonchev–Trinajstić information content (AvgIpc) is 2.14. The standard InChI is InChI=1S/C8H18O6/c1-4(10)7(13)8(14)6(12)2-5(11)3-9/h4-14H,2-3H2,1H3/t4?,5?,6-,7?,8-/m1/s1. The van der Waals surface area contributed by atoms with Gasteiger partial charge >= 0.3 is 0 Å². The summed E-state index contributed by atoms with van der Waals surface area (Å²) in [6.07, 6.45) is -7.00. The molecule has 6 N–H and O–H groups in total. The molecule has 3 unspecified atom stereocenters. The Labute approximate surface area is 82.1 Å². The zero-order valence-electron chi connectivity index (χ0n) is 7.98. The van der Waals surface area contributed by atoms with Crippen molar-refractivity contribution in [1.29, 1.82) is 0 Å². The molecule has 0 spiro atoms. The van der Waals surface area contributed by atoms with E-state index in [0.717, 1.165) is 0 Å². The highest BCUT2D eigenvalue weighted by Gasteiger charge is 2.29. The molecule has 0 fully saturated rings. The van der Waals surface area contributed by atoms with Crippen molar-refractivity contribution in [2.75, 3.05) is 6.61 Å². The molecular weight excluding hydrogens is 192 g/mol. The van der Waals surface area contributed by atoms with E-state index in [2.05, 4.69) is 0 Å². The lowest BCUT2D eigenvalue weighted by atomic mass is 10.00. The van der Waals surface area contributed by atoms with Crippen molar-refractivity contribution in [2.45, 2.75) is 43.9 Å². The van der Waals surface area contributed by atoms with Gasteiger partial charge in [0.15, 0.2) is 0 Å². The van der Waals surface area contributed by atoms with Crippen LogP contribution in [-0.2, 0) is 0 Å². The van der Waals surface area contributed by atoms with E-state index in [9.17, 15) is 10.2 Å². The van der Waals surface area contributed by atoms with Crippen LogP contribution in [0.15, 0.2) is 0 Å². The third-order valence-electron chi connectivity index (χ3n) is 1.96. The van der Waals surface area contributed by atoms with Crippen molar-refractivity contribution in [2.24, 2.45) is 0 Å². The molecule has 0 aliphatic carbocycles. The van der Waals surface area contributed by atoms with Crippen LogP contribution in [0.3, 0.4) is 0 Å².